The molecule has 2 saturated heterocycles. The monoisotopic (exact) mass is 284 g/mol. The van der Waals surface area contributed by atoms with Crippen molar-refractivity contribution in [3.63, 3.8) is 0 Å². The molecule has 0 spiro atoms. The van der Waals surface area contributed by atoms with Crippen molar-refractivity contribution in [1.82, 2.24) is 10.2 Å². The average Bonchev–Trinajstić information content (AvgIpc) is 2.77. The summed E-state index contributed by atoms with van der Waals surface area (Å²) in [4.78, 5) is 14.6. The molecule has 2 aliphatic heterocycles. The minimum Gasteiger partial charge on any atom is -0.465 e. The molecule has 2 aliphatic rings. The predicted molar refractivity (Wildman–Crippen MR) is 77.6 cm³/mol. The van der Waals surface area contributed by atoms with Crippen molar-refractivity contribution in [1.29, 1.82) is 0 Å². The number of nitrogens with one attached hydrogen (secondary N) is 1. The Morgan fingerprint density at radius 2 is 2.05 bits per heavy atom. The first-order valence-electron chi connectivity index (χ1n) is 7.74. The molecule has 4 atom stereocenters. The van der Waals surface area contributed by atoms with Gasteiger partial charge in [-0.25, -0.2) is 0 Å². The van der Waals surface area contributed by atoms with Gasteiger partial charge >= 0.3 is 5.97 Å². The summed E-state index contributed by atoms with van der Waals surface area (Å²) in [6.07, 6.45) is 3.88. The van der Waals surface area contributed by atoms with Crippen molar-refractivity contribution in [2.45, 2.75) is 63.8 Å². The van der Waals surface area contributed by atoms with Crippen molar-refractivity contribution in [3.05, 3.63) is 0 Å². The number of nitrogens with zero attached hydrogens (tertiary/aromatic N) is 1. The number of fused-ring (bicyclic) bond motifs is 2. The van der Waals surface area contributed by atoms with Gasteiger partial charge in [0.15, 0.2) is 0 Å². The van der Waals surface area contributed by atoms with E-state index >= 15 is 0 Å². The van der Waals surface area contributed by atoms with Gasteiger partial charge in [-0.3, -0.25) is 9.69 Å². The Bertz CT molecular complexity index is 338. The number of carbonyl (C=O) groups excluding carboxylic acids is 1. The molecule has 4 unspecified atom stereocenters. The fourth-order valence-electron chi connectivity index (χ4n) is 3.30. The first kappa shape index (κ1) is 15.7. The third kappa shape index (κ3) is 3.32. The van der Waals surface area contributed by atoms with Crippen LogP contribution in [0.15, 0.2) is 0 Å². The number of likely N-dealkylation sites (N-methyl/N-ethyl adjacent to an activating group) is 1. The molecule has 0 aromatic carbocycles. The van der Waals surface area contributed by atoms with E-state index in [9.17, 15) is 4.79 Å². The molecule has 0 aliphatic carbocycles. The highest BCUT2D eigenvalue weighted by Gasteiger charge is 2.40. The molecule has 0 amide bonds. The number of hydrogen-bond acceptors (Lipinski definition) is 5. The molecule has 2 fully saturated rings. The van der Waals surface area contributed by atoms with Crippen LogP contribution in [-0.2, 0) is 14.3 Å². The van der Waals surface area contributed by atoms with Gasteiger partial charge < -0.3 is 14.8 Å². The summed E-state index contributed by atoms with van der Waals surface area (Å²) in [7, 11) is 1.83. The van der Waals surface area contributed by atoms with Gasteiger partial charge in [-0.05, 0) is 47.1 Å². The molecule has 2 bridgehead atoms. The molecule has 5 heteroatoms. The van der Waals surface area contributed by atoms with Crippen LogP contribution in [-0.4, -0.2) is 61.4 Å². The number of ether oxygens (including phenoxy) is 2. The van der Waals surface area contributed by atoms with Crippen LogP contribution in [0.4, 0.5) is 0 Å². The zero-order valence-electron chi connectivity index (χ0n) is 13.1. The minimum atomic E-state index is -0.618. The molecular formula is C15H28N2O3. The fourth-order valence-corrected chi connectivity index (χ4v) is 3.30. The standard InChI is InChI=1S/C15H28N2O3/c1-5-19-14(18)15(3,16-4)8-11(2)17-9-12-6-7-13(10-17)20-12/h11-13,16H,5-10H2,1-4H3. The van der Waals surface area contributed by atoms with Gasteiger partial charge in [-0.1, -0.05) is 0 Å². The lowest BCUT2D eigenvalue weighted by Gasteiger charge is -2.39. The number of rotatable bonds is 6. The van der Waals surface area contributed by atoms with Crippen molar-refractivity contribution in [2.24, 2.45) is 0 Å². The van der Waals surface area contributed by atoms with E-state index in [0.29, 0.717) is 24.9 Å². The number of morpholine rings is 1. The van der Waals surface area contributed by atoms with Crippen molar-refractivity contribution >= 4 is 5.97 Å². The van der Waals surface area contributed by atoms with Crippen molar-refractivity contribution in [3.8, 4) is 0 Å². The van der Waals surface area contributed by atoms with Crippen LogP contribution >= 0.6 is 0 Å². The van der Waals surface area contributed by atoms with Gasteiger partial charge in [-0.2, -0.15) is 0 Å². The second kappa shape index (κ2) is 6.41. The summed E-state index contributed by atoms with van der Waals surface area (Å²) in [6, 6.07) is 0.337. The Hall–Kier alpha value is -0.650. The average molecular weight is 284 g/mol. The lowest BCUT2D eigenvalue weighted by atomic mass is 9.92. The Kier molecular flexibility index (Phi) is 5.04. The van der Waals surface area contributed by atoms with E-state index in [1.807, 2.05) is 20.9 Å². The van der Waals surface area contributed by atoms with E-state index in [1.54, 1.807) is 0 Å². The van der Waals surface area contributed by atoms with Crippen LogP contribution in [0, 0.1) is 0 Å². The van der Waals surface area contributed by atoms with Gasteiger partial charge in [-0.15, -0.1) is 0 Å². The van der Waals surface area contributed by atoms with E-state index in [4.69, 9.17) is 9.47 Å². The van der Waals surface area contributed by atoms with E-state index in [-0.39, 0.29) is 5.97 Å². The van der Waals surface area contributed by atoms with Crippen LogP contribution in [0.1, 0.15) is 40.0 Å². The molecular weight excluding hydrogens is 256 g/mol. The Morgan fingerprint density at radius 1 is 1.45 bits per heavy atom. The van der Waals surface area contributed by atoms with Crippen LogP contribution in [0.5, 0.6) is 0 Å². The Morgan fingerprint density at radius 3 is 2.55 bits per heavy atom. The summed E-state index contributed by atoms with van der Waals surface area (Å²) in [5.74, 6) is -0.161. The number of carbonyl (C=O) groups is 1. The zero-order valence-corrected chi connectivity index (χ0v) is 13.1. The maximum atomic E-state index is 12.1. The third-order valence-electron chi connectivity index (χ3n) is 4.68. The molecule has 5 nitrogen and oxygen atoms in total. The maximum absolute atomic E-state index is 12.1. The minimum absolute atomic E-state index is 0.161. The largest absolute Gasteiger partial charge is 0.465 e. The van der Waals surface area contributed by atoms with E-state index < -0.39 is 5.54 Å². The highest BCUT2D eigenvalue weighted by atomic mass is 16.5. The summed E-state index contributed by atoms with van der Waals surface area (Å²) >= 11 is 0. The normalized spacial score (nSPS) is 30.8. The smallest absolute Gasteiger partial charge is 0.326 e. The molecule has 0 aromatic rings. The molecule has 20 heavy (non-hydrogen) atoms. The first-order valence-corrected chi connectivity index (χ1v) is 7.74. The van der Waals surface area contributed by atoms with Crippen molar-refractivity contribution < 1.29 is 14.3 Å². The van der Waals surface area contributed by atoms with E-state index in [0.717, 1.165) is 19.5 Å². The van der Waals surface area contributed by atoms with Crippen LogP contribution in [0.25, 0.3) is 0 Å². The van der Waals surface area contributed by atoms with Gasteiger partial charge in [0.1, 0.15) is 5.54 Å². The van der Waals surface area contributed by atoms with Crippen molar-refractivity contribution in [2.75, 3.05) is 26.7 Å². The molecule has 2 heterocycles. The second-order valence-corrected chi connectivity index (χ2v) is 6.27. The number of likely N-dealkylation sites (tertiary alicyclic amines) is 1. The lowest BCUT2D eigenvalue weighted by Crippen LogP contribution is -2.55. The second-order valence-electron chi connectivity index (χ2n) is 6.27. The Labute approximate surface area is 122 Å². The molecule has 0 aromatic heterocycles. The summed E-state index contributed by atoms with van der Waals surface area (Å²) < 4.78 is 11.1. The summed E-state index contributed by atoms with van der Waals surface area (Å²) in [6.45, 7) is 8.36. The summed E-state index contributed by atoms with van der Waals surface area (Å²) in [5, 5.41) is 3.14. The molecule has 116 valence electrons. The zero-order chi connectivity index (χ0) is 14.8. The molecule has 0 saturated carbocycles. The van der Waals surface area contributed by atoms with Crippen LogP contribution < -0.4 is 5.32 Å². The maximum Gasteiger partial charge on any atom is 0.326 e. The third-order valence-corrected chi connectivity index (χ3v) is 4.68. The van der Waals surface area contributed by atoms with Gasteiger partial charge in [0, 0.05) is 19.1 Å². The Balaban J connectivity index is 1.94. The highest BCUT2D eigenvalue weighted by Crippen LogP contribution is 2.29. The first-order chi connectivity index (χ1) is 9.48. The van der Waals surface area contributed by atoms with Crippen LogP contribution in [0.2, 0.25) is 0 Å². The van der Waals surface area contributed by atoms with E-state index in [2.05, 4.69) is 17.1 Å². The van der Waals surface area contributed by atoms with Gasteiger partial charge in [0.05, 0.1) is 18.8 Å². The van der Waals surface area contributed by atoms with Gasteiger partial charge in [0.25, 0.3) is 0 Å². The SMILES string of the molecule is CCOC(=O)C(C)(CC(C)N1CC2CCC(C1)O2)NC. The number of esters is 1. The number of hydrogen-bond donors (Lipinski definition) is 1. The fraction of sp³-hybridized carbons (Fsp3) is 0.933. The van der Waals surface area contributed by atoms with E-state index in [1.165, 1.54) is 12.8 Å². The quantitative estimate of drug-likeness (QED) is 0.742. The molecule has 0 radical (unpaired) electrons. The highest BCUT2D eigenvalue weighted by molar-refractivity contribution is 5.80. The summed E-state index contributed by atoms with van der Waals surface area (Å²) in [5.41, 5.74) is -0.618. The lowest BCUT2D eigenvalue weighted by molar-refractivity contribution is -0.151. The molecule has 1 N–H and O–H groups in total. The topological polar surface area (TPSA) is 50.8 Å². The van der Waals surface area contributed by atoms with Gasteiger partial charge in [0.2, 0.25) is 0 Å². The molecule has 2 rings (SSSR count). The predicted octanol–water partition coefficient (Wildman–Crippen LogP) is 1.17. The van der Waals surface area contributed by atoms with Crippen LogP contribution in [0.3, 0.4) is 0 Å².